The molecule has 1 saturated heterocycles. The van der Waals surface area contributed by atoms with Gasteiger partial charge in [-0.25, -0.2) is 4.98 Å². The summed E-state index contributed by atoms with van der Waals surface area (Å²) in [6.07, 6.45) is 1.58. The number of hydrogen-bond acceptors (Lipinski definition) is 8. The molecule has 0 spiro atoms. The Morgan fingerprint density at radius 1 is 1.20 bits per heavy atom. The molecule has 0 unspecified atom stereocenters. The van der Waals surface area contributed by atoms with E-state index in [1.165, 1.54) is 11.3 Å². The summed E-state index contributed by atoms with van der Waals surface area (Å²) in [6, 6.07) is 7.06. The van der Waals surface area contributed by atoms with E-state index in [4.69, 9.17) is 9.15 Å². The van der Waals surface area contributed by atoms with Crippen LogP contribution in [0.4, 0.5) is 10.9 Å². The third kappa shape index (κ3) is 3.52. The molecule has 0 bridgehead atoms. The first-order valence-electron chi connectivity index (χ1n) is 7.77. The van der Waals surface area contributed by atoms with Gasteiger partial charge < -0.3 is 14.1 Å². The zero-order valence-corrected chi connectivity index (χ0v) is 14.0. The van der Waals surface area contributed by atoms with Crippen LogP contribution >= 0.6 is 11.3 Å². The lowest BCUT2D eigenvalue weighted by Gasteiger charge is -2.27. The standard InChI is InChI=1S/C16H15N5O3S/c22-15(18-16-17-12(10-25-16)13-2-1-7-24-13)11-3-4-14(20-19-11)21-5-8-23-9-6-21/h1-4,7,10H,5-6,8-9H2,(H,17,18,22). The molecule has 1 aliphatic rings. The number of nitrogens with zero attached hydrogens (tertiary/aromatic N) is 4. The lowest BCUT2D eigenvalue weighted by atomic mass is 10.3. The number of thiazole rings is 1. The Labute approximate surface area is 147 Å². The lowest BCUT2D eigenvalue weighted by Crippen LogP contribution is -2.37. The van der Waals surface area contributed by atoms with Gasteiger partial charge in [-0.15, -0.1) is 21.5 Å². The summed E-state index contributed by atoms with van der Waals surface area (Å²) in [5.74, 6) is 1.06. The average molecular weight is 357 g/mol. The maximum Gasteiger partial charge on any atom is 0.277 e. The molecule has 0 aromatic carbocycles. The quantitative estimate of drug-likeness (QED) is 0.765. The molecular weight excluding hydrogens is 342 g/mol. The van der Waals surface area contributed by atoms with Gasteiger partial charge in [-0.1, -0.05) is 0 Å². The maximum atomic E-state index is 12.3. The van der Waals surface area contributed by atoms with Crippen molar-refractivity contribution in [2.24, 2.45) is 0 Å². The maximum absolute atomic E-state index is 12.3. The minimum atomic E-state index is -0.346. The van der Waals surface area contributed by atoms with Crippen molar-refractivity contribution in [2.75, 3.05) is 36.5 Å². The number of hydrogen-bond donors (Lipinski definition) is 1. The topological polar surface area (TPSA) is 93.4 Å². The Morgan fingerprint density at radius 2 is 2.08 bits per heavy atom. The first-order chi connectivity index (χ1) is 12.3. The van der Waals surface area contributed by atoms with Crippen LogP contribution in [-0.4, -0.2) is 47.4 Å². The Balaban J connectivity index is 1.42. The van der Waals surface area contributed by atoms with Crippen LogP contribution in [0.1, 0.15) is 10.5 Å². The molecule has 8 nitrogen and oxygen atoms in total. The summed E-state index contributed by atoms with van der Waals surface area (Å²) in [5.41, 5.74) is 0.922. The Kier molecular flexibility index (Phi) is 4.40. The SMILES string of the molecule is O=C(Nc1nc(-c2ccco2)cs1)c1ccc(N2CCOCC2)nn1. The smallest absolute Gasteiger partial charge is 0.277 e. The third-order valence-corrected chi connectivity index (χ3v) is 4.47. The van der Waals surface area contributed by atoms with Crippen molar-refractivity contribution in [2.45, 2.75) is 0 Å². The van der Waals surface area contributed by atoms with Gasteiger partial charge in [0.15, 0.2) is 22.4 Å². The monoisotopic (exact) mass is 357 g/mol. The number of nitrogens with one attached hydrogen (secondary N) is 1. The summed E-state index contributed by atoms with van der Waals surface area (Å²) < 4.78 is 10.6. The van der Waals surface area contributed by atoms with E-state index in [2.05, 4.69) is 25.4 Å². The molecule has 9 heteroatoms. The molecule has 3 aromatic heterocycles. The highest BCUT2D eigenvalue weighted by molar-refractivity contribution is 7.14. The molecule has 4 heterocycles. The number of furan rings is 1. The van der Waals surface area contributed by atoms with Gasteiger partial charge in [0, 0.05) is 18.5 Å². The van der Waals surface area contributed by atoms with Crippen LogP contribution in [0.15, 0.2) is 40.3 Å². The fourth-order valence-corrected chi connectivity index (χ4v) is 3.13. The van der Waals surface area contributed by atoms with Crippen molar-refractivity contribution in [3.05, 3.63) is 41.6 Å². The molecule has 128 valence electrons. The van der Waals surface area contributed by atoms with Crippen molar-refractivity contribution in [1.29, 1.82) is 0 Å². The predicted octanol–water partition coefficient (Wildman–Crippen LogP) is 2.28. The van der Waals surface area contributed by atoms with Crippen LogP contribution in [-0.2, 0) is 4.74 Å². The number of rotatable bonds is 4. The third-order valence-electron chi connectivity index (χ3n) is 3.72. The fourth-order valence-electron chi connectivity index (χ4n) is 2.44. The second kappa shape index (κ2) is 6.99. The number of carbonyl (C=O) groups excluding carboxylic acids is 1. The summed E-state index contributed by atoms with van der Waals surface area (Å²) in [6.45, 7) is 2.89. The first-order valence-corrected chi connectivity index (χ1v) is 8.65. The zero-order chi connectivity index (χ0) is 17.1. The summed E-state index contributed by atoms with van der Waals surface area (Å²) in [7, 11) is 0. The average Bonchev–Trinajstić information content (AvgIpc) is 3.34. The van der Waals surface area contributed by atoms with Crippen molar-refractivity contribution in [3.8, 4) is 11.5 Å². The number of morpholine rings is 1. The molecule has 0 aliphatic carbocycles. The van der Waals surface area contributed by atoms with Crippen LogP contribution in [0.2, 0.25) is 0 Å². The van der Waals surface area contributed by atoms with Crippen LogP contribution in [0.25, 0.3) is 11.5 Å². The van der Waals surface area contributed by atoms with Crippen LogP contribution in [0.5, 0.6) is 0 Å². The summed E-state index contributed by atoms with van der Waals surface area (Å²) in [5, 5.41) is 13.2. The zero-order valence-electron chi connectivity index (χ0n) is 13.2. The molecule has 0 saturated carbocycles. The van der Waals surface area contributed by atoms with E-state index in [0.717, 1.165) is 18.9 Å². The van der Waals surface area contributed by atoms with Crippen molar-refractivity contribution in [3.63, 3.8) is 0 Å². The van der Waals surface area contributed by atoms with Gasteiger partial charge >= 0.3 is 0 Å². The van der Waals surface area contributed by atoms with Crippen LogP contribution in [0, 0.1) is 0 Å². The van der Waals surface area contributed by atoms with Crippen LogP contribution in [0.3, 0.4) is 0 Å². The molecule has 3 aromatic rings. The van der Waals surface area contributed by atoms with Crippen molar-refractivity contribution >= 4 is 28.2 Å². The highest BCUT2D eigenvalue weighted by Gasteiger charge is 2.16. The molecule has 1 fully saturated rings. The Hall–Kier alpha value is -2.78. The van der Waals surface area contributed by atoms with E-state index in [1.807, 2.05) is 11.4 Å². The van der Waals surface area contributed by atoms with E-state index >= 15 is 0 Å². The molecular formula is C16H15N5O3S. The molecule has 25 heavy (non-hydrogen) atoms. The predicted molar refractivity (Wildman–Crippen MR) is 92.8 cm³/mol. The van der Waals surface area contributed by atoms with Crippen LogP contribution < -0.4 is 10.2 Å². The molecule has 1 N–H and O–H groups in total. The number of carbonyl (C=O) groups is 1. The van der Waals surface area contributed by atoms with Gasteiger partial charge in [-0.3, -0.25) is 10.1 Å². The second-order valence-electron chi connectivity index (χ2n) is 5.35. The number of anilines is 2. The normalized spacial score (nSPS) is 14.5. The number of aromatic nitrogens is 3. The highest BCUT2D eigenvalue weighted by Crippen LogP contribution is 2.25. The van der Waals surface area contributed by atoms with Gasteiger partial charge in [0.2, 0.25) is 0 Å². The lowest BCUT2D eigenvalue weighted by molar-refractivity contribution is 0.102. The summed E-state index contributed by atoms with van der Waals surface area (Å²) >= 11 is 1.32. The number of amides is 1. The largest absolute Gasteiger partial charge is 0.463 e. The second-order valence-corrected chi connectivity index (χ2v) is 6.20. The first kappa shape index (κ1) is 15.7. The molecule has 0 atom stereocenters. The van der Waals surface area contributed by atoms with Gasteiger partial charge in [0.25, 0.3) is 5.91 Å². The van der Waals surface area contributed by atoms with E-state index in [9.17, 15) is 4.79 Å². The minimum absolute atomic E-state index is 0.242. The van der Waals surface area contributed by atoms with Gasteiger partial charge in [0.05, 0.1) is 19.5 Å². The van der Waals surface area contributed by atoms with Gasteiger partial charge in [-0.05, 0) is 24.3 Å². The van der Waals surface area contributed by atoms with Crippen molar-refractivity contribution in [1.82, 2.24) is 15.2 Å². The Bertz CT molecular complexity index is 841. The molecule has 0 radical (unpaired) electrons. The molecule has 1 amide bonds. The minimum Gasteiger partial charge on any atom is -0.463 e. The van der Waals surface area contributed by atoms with Gasteiger partial charge in [0.1, 0.15) is 5.69 Å². The Morgan fingerprint density at radius 3 is 2.80 bits per heavy atom. The van der Waals surface area contributed by atoms with Gasteiger partial charge in [-0.2, -0.15) is 0 Å². The van der Waals surface area contributed by atoms with E-state index in [-0.39, 0.29) is 11.6 Å². The summed E-state index contributed by atoms with van der Waals surface area (Å²) in [4.78, 5) is 18.7. The highest BCUT2D eigenvalue weighted by atomic mass is 32.1. The van der Waals surface area contributed by atoms with E-state index < -0.39 is 0 Å². The van der Waals surface area contributed by atoms with E-state index in [1.54, 1.807) is 24.5 Å². The fraction of sp³-hybridized carbons (Fsp3) is 0.250. The molecule has 1 aliphatic heterocycles. The molecule has 4 rings (SSSR count). The van der Waals surface area contributed by atoms with E-state index in [0.29, 0.717) is 29.8 Å². The number of ether oxygens (including phenoxy) is 1. The van der Waals surface area contributed by atoms with Crippen molar-refractivity contribution < 1.29 is 13.9 Å².